The van der Waals surface area contributed by atoms with Crippen molar-refractivity contribution in [3.8, 4) is 0 Å². The van der Waals surface area contributed by atoms with Gasteiger partial charge in [-0.25, -0.2) is 4.79 Å². The van der Waals surface area contributed by atoms with Crippen molar-refractivity contribution in [2.24, 2.45) is 5.92 Å². The number of nitrogens with zero attached hydrogens (tertiary/aromatic N) is 1. The minimum Gasteiger partial charge on any atom is -0.438 e. The Morgan fingerprint density at radius 1 is 1.24 bits per heavy atom. The lowest BCUT2D eigenvalue weighted by Gasteiger charge is -2.33. The summed E-state index contributed by atoms with van der Waals surface area (Å²) >= 11 is 0. The molecule has 0 N–H and O–H groups in total. The highest BCUT2D eigenvalue weighted by Gasteiger charge is 2.35. The van der Waals surface area contributed by atoms with Gasteiger partial charge in [0.05, 0.1) is 5.56 Å². The molecule has 3 nitrogen and oxygen atoms in total. The first-order valence-corrected chi connectivity index (χ1v) is 6.29. The van der Waals surface area contributed by atoms with Gasteiger partial charge in [0, 0.05) is 18.7 Å². The first-order chi connectivity index (χ1) is 8.25. The summed E-state index contributed by atoms with van der Waals surface area (Å²) in [6, 6.07) is 7.72. The molecule has 1 aromatic rings. The predicted octanol–water partition coefficient (Wildman–Crippen LogP) is 2.59. The molecule has 0 spiro atoms. The first-order valence-electron chi connectivity index (χ1n) is 6.29. The average molecular weight is 231 g/mol. The average Bonchev–Trinajstić information content (AvgIpc) is 2.69. The molecule has 0 bridgehead atoms. The molecule has 1 unspecified atom stereocenters. The number of ether oxygens (including phenoxy) is 1. The van der Waals surface area contributed by atoms with E-state index in [1.54, 1.807) is 0 Å². The van der Waals surface area contributed by atoms with Gasteiger partial charge >= 0.3 is 5.97 Å². The highest BCUT2D eigenvalue weighted by Crippen LogP contribution is 2.35. The Hall–Kier alpha value is -1.35. The van der Waals surface area contributed by atoms with Crippen LogP contribution in [0.2, 0.25) is 0 Å². The molecule has 17 heavy (non-hydrogen) atoms. The molecule has 2 aliphatic rings. The smallest absolute Gasteiger partial charge is 0.340 e. The van der Waals surface area contributed by atoms with Crippen molar-refractivity contribution in [2.75, 3.05) is 13.1 Å². The van der Waals surface area contributed by atoms with Gasteiger partial charge in [0.15, 0.2) is 6.23 Å². The Bertz CT molecular complexity index is 436. The van der Waals surface area contributed by atoms with E-state index in [-0.39, 0.29) is 12.2 Å². The summed E-state index contributed by atoms with van der Waals surface area (Å²) in [7, 11) is 0. The van der Waals surface area contributed by atoms with Crippen molar-refractivity contribution in [1.29, 1.82) is 0 Å². The van der Waals surface area contributed by atoms with E-state index >= 15 is 0 Å². The molecule has 2 aliphatic heterocycles. The molecule has 0 saturated carbocycles. The molecule has 2 heterocycles. The van der Waals surface area contributed by atoms with Crippen LogP contribution in [-0.2, 0) is 4.74 Å². The van der Waals surface area contributed by atoms with Crippen LogP contribution in [0.4, 0.5) is 0 Å². The zero-order chi connectivity index (χ0) is 11.8. The van der Waals surface area contributed by atoms with E-state index in [1.165, 1.54) is 12.8 Å². The second-order valence-corrected chi connectivity index (χ2v) is 5.06. The van der Waals surface area contributed by atoms with Crippen LogP contribution in [0.3, 0.4) is 0 Å². The topological polar surface area (TPSA) is 29.5 Å². The second-order valence-electron chi connectivity index (χ2n) is 5.06. The van der Waals surface area contributed by atoms with Crippen LogP contribution >= 0.6 is 0 Å². The van der Waals surface area contributed by atoms with E-state index in [4.69, 9.17) is 4.74 Å². The van der Waals surface area contributed by atoms with Crippen LogP contribution in [0, 0.1) is 5.92 Å². The van der Waals surface area contributed by atoms with Crippen LogP contribution in [0.1, 0.15) is 41.9 Å². The number of piperidine rings is 1. The molecule has 3 rings (SSSR count). The van der Waals surface area contributed by atoms with Gasteiger partial charge in [-0.05, 0) is 24.8 Å². The first kappa shape index (κ1) is 10.8. The minimum absolute atomic E-state index is 0.147. The zero-order valence-corrected chi connectivity index (χ0v) is 10.1. The Balaban J connectivity index is 1.84. The van der Waals surface area contributed by atoms with Crippen molar-refractivity contribution in [2.45, 2.75) is 26.0 Å². The molecule has 3 heteroatoms. The number of fused-ring (bicyclic) bond motifs is 1. The highest BCUT2D eigenvalue weighted by atomic mass is 16.6. The molecular formula is C14H17NO2. The van der Waals surface area contributed by atoms with Crippen molar-refractivity contribution in [1.82, 2.24) is 4.90 Å². The molecule has 0 amide bonds. The SMILES string of the molecule is CC1CCN(C2OC(=O)c3ccccc32)CC1. The number of esters is 1. The van der Waals surface area contributed by atoms with E-state index in [9.17, 15) is 4.79 Å². The molecular weight excluding hydrogens is 214 g/mol. The molecule has 0 aromatic heterocycles. The zero-order valence-electron chi connectivity index (χ0n) is 10.1. The van der Waals surface area contributed by atoms with Gasteiger partial charge in [-0.1, -0.05) is 25.1 Å². The predicted molar refractivity (Wildman–Crippen MR) is 64.6 cm³/mol. The van der Waals surface area contributed by atoms with Crippen molar-refractivity contribution in [3.63, 3.8) is 0 Å². The Kier molecular flexibility index (Phi) is 2.63. The summed E-state index contributed by atoms with van der Waals surface area (Å²) in [5, 5.41) is 0. The summed E-state index contributed by atoms with van der Waals surface area (Å²) in [5.74, 6) is 0.614. The number of likely N-dealkylation sites (tertiary alicyclic amines) is 1. The van der Waals surface area contributed by atoms with Gasteiger partial charge in [0.25, 0.3) is 0 Å². The van der Waals surface area contributed by atoms with E-state index < -0.39 is 0 Å². The number of carbonyl (C=O) groups is 1. The van der Waals surface area contributed by atoms with Crippen molar-refractivity contribution < 1.29 is 9.53 Å². The number of rotatable bonds is 1. The maximum Gasteiger partial charge on any atom is 0.340 e. The Morgan fingerprint density at radius 2 is 1.94 bits per heavy atom. The van der Waals surface area contributed by atoms with E-state index in [2.05, 4.69) is 11.8 Å². The summed E-state index contributed by atoms with van der Waals surface area (Å²) in [6.45, 7) is 4.33. The molecule has 0 radical (unpaired) electrons. The summed E-state index contributed by atoms with van der Waals surface area (Å²) in [6.07, 6.45) is 2.23. The monoisotopic (exact) mass is 231 g/mol. The molecule has 1 atom stereocenters. The largest absolute Gasteiger partial charge is 0.438 e. The van der Waals surface area contributed by atoms with Crippen molar-refractivity contribution >= 4 is 5.97 Å². The van der Waals surface area contributed by atoms with Gasteiger partial charge < -0.3 is 4.74 Å². The number of benzene rings is 1. The summed E-state index contributed by atoms with van der Waals surface area (Å²) in [5.41, 5.74) is 1.77. The maximum absolute atomic E-state index is 11.7. The fraction of sp³-hybridized carbons (Fsp3) is 0.500. The number of carbonyl (C=O) groups excluding carboxylic acids is 1. The number of cyclic esters (lactones) is 1. The Morgan fingerprint density at radius 3 is 2.71 bits per heavy atom. The third kappa shape index (κ3) is 1.84. The fourth-order valence-electron chi connectivity index (χ4n) is 2.66. The fourth-order valence-corrected chi connectivity index (χ4v) is 2.66. The van der Waals surface area contributed by atoms with Gasteiger partial charge in [-0.15, -0.1) is 0 Å². The summed E-state index contributed by atoms with van der Waals surface area (Å²) < 4.78 is 5.49. The lowest BCUT2D eigenvalue weighted by molar-refractivity contribution is -0.0347. The molecule has 1 aromatic carbocycles. The standard InChI is InChI=1S/C14H17NO2/c1-10-6-8-15(9-7-10)13-11-4-2-3-5-12(11)14(16)17-13/h2-5,10,13H,6-9H2,1H3. The summed E-state index contributed by atoms with van der Waals surface area (Å²) in [4.78, 5) is 14.0. The van der Waals surface area contributed by atoms with Gasteiger partial charge in [0.2, 0.25) is 0 Å². The van der Waals surface area contributed by atoms with Crippen LogP contribution in [0.15, 0.2) is 24.3 Å². The minimum atomic E-state index is -0.177. The van der Waals surface area contributed by atoms with Crippen LogP contribution in [0.5, 0.6) is 0 Å². The molecule has 1 fully saturated rings. The lowest BCUT2D eigenvalue weighted by atomic mass is 9.98. The van der Waals surface area contributed by atoms with Gasteiger partial charge in [0.1, 0.15) is 0 Å². The van der Waals surface area contributed by atoms with E-state index in [0.717, 1.165) is 30.1 Å². The highest BCUT2D eigenvalue weighted by molar-refractivity contribution is 5.93. The lowest BCUT2D eigenvalue weighted by Crippen LogP contribution is -2.36. The van der Waals surface area contributed by atoms with E-state index in [0.29, 0.717) is 0 Å². The van der Waals surface area contributed by atoms with Gasteiger partial charge in [-0.3, -0.25) is 4.90 Å². The second kappa shape index (κ2) is 4.15. The van der Waals surface area contributed by atoms with Crippen LogP contribution in [0.25, 0.3) is 0 Å². The third-order valence-corrected chi connectivity index (χ3v) is 3.82. The van der Waals surface area contributed by atoms with Crippen molar-refractivity contribution in [3.05, 3.63) is 35.4 Å². The van der Waals surface area contributed by atoms with Gasteiger partial charge in [-0.2, -0.15) is 0 Å². The van der Waals surface area contributed by atoms with Crippen LogP contribution < -0.4 is 0 Å². The number of hydrogen-bond acceptors (Lipinski definition) is 3. The maximum atomic E-state index is 11.7. The number of hydrogen-bond donors (Lipinski definition) is 0. The van der Waals surface area contributed by atoms with Crippen LogP contribution in [-0.4, -0.2) is 24.0 Å². The molecule has 90 valence electrons. The Labute approximate surface area is 101 Å². The van der Waals surface area contributed by atoms with E-state index in [1.807, 2.05) is 24.3 Å². The molecule has 0 aliphatic carbocycles. The molecule has 1 saturated heterocycles. The quantitative estimate of drug-likeness (QED) is 0.696. The third-order valence-electron chi connectivity index (χ3n) is 3.82. The normalized spacial score (nSPS) is 25.7.